The summed E-state index contributed by atoms with van der Waals surface area (Å²) in [6, 6.07) is 0.643. The van der Waals surface area contributed by atoms with E-state index in [4.69, 9.17) is 5.11 Å². The fourth-order valence-electron chi connectivity index (χ4n) is 2.27. The van der Waals surface area contributed by atoms with Crippen LogP contribution in [-0.2, 0) is 0 Å². The zero-order valence-corrected chi connectivity index (χ0v) is 8.24. The third kappa shape index (κ3) is 1.66. The van der Waals surface area contributed by atoms with Crippen molar-refractivity contribution in [1.29, 1.82) is 0 Å². The van der Waals surface area contributed by atoms with Crippen molar-refractivity contribution in [3.8, 4) is 0 Å². The SMILES string of the molecule is CC1=CN2CCN1CC2CCCO. The molecule has 3 nitrogen and oxygen atoms in total. The Kier molecular flexibility index (Phi) is 2.44. The van der Waals surface area contributed by atoms with Gasteiger partial charge in [0.1, 0.15) is 0 Å². The lowest BCUT2D eigenvalue weighted by Gasteiger charge is -2.47. The van der Waals surface area contributed by atoms with Crippen molar-refractivity contribution in [2.24, 2.45) is 0 Å². The predicted octanol–water partition coefficient (Wildman–Crippen LogP) is 0.620. The van der Waals surface area contributed by atoms with Gasteiger partial charge in [-0.25, -0.2) is 0 Å². The van der Waals surface area contributed by atoms with Crippen LogP contribution in [0.2, 0.25) is 0 Å². The van der Waals surface area contributed by atoms with Crippen molar-refractivity contribution >= 4 is 0 Å². The number of hydrogen-bond acceptors (Lipinski definition) is 3. The Morgan fingerprint density at radius 3 is 2.92 bits per heavy atom. The monoisotopic (exact) mass is 182 g/mol. The van der Waals surface area contributed by atoms with Gasteiger partial charge in [-0.1, -0.05) is 0 Å². The third-order valence-electron chi connectivity index (χ3n) is 3.08. The van der Waals surface area contributed by atoms with Crippen molar-refractivity contribution in [2.45, 2.75) is 25.8 Å². The number of aliphatic hydroxyl groups excluding tert-OH is 1. The van der Waals surface area contributed by atoms with E-state index in [9.17, 15) is 0 Å². The molecule has 0 amide bonds. The Hall–Kier alpha value is -0.700. The van der Waals surface area contributed by atoms with E-state index >= 15 is 0 Å². The molecule has 1 N–H and O–H groups in total. The molecule has 3 aliphatic rings. The molecule has 1 fully saturated rings. The number of piperazine rings is 1. The van der Waals surface area contributed by atoms with Gasteiger partial charge in [-0.15, -0.1) is 0 Å². The highest BCUT2D eigenvalue weighted by Gasteiger charge is 2.29. The molecule has 0 spiro atoms. The fourth-order valence-corrected chi connectivity index (χ4v) is 2.27. The first-order valence-electron chi connectivity index (χ1n) is 5.11. The molecule has 3 heteroatoms. The normalized spacial score (nSPS) is 26.6. The summed E-state index contributed by atoms with van der Waals surface area (Å²) in [5, 5.41) is 8.77. The molecule has 2 bridgehead atoms. The first-order valence-corrected chi connectivity index (χ1v) is 5.11. The molecule has 74 valence electrons. The first-order chi connectivity index (χ1) is 6.31. The van der Waals surface area contributed by atoms with Crippen LogP contribution in [0.25, 0.3) is 0 Å². The first kappa shape index (κ1) is 8.88. The fraction of sp³-hybridized carbons (Fsp3) is 0.800. The molecular weight excluding hydrogens is 164 g/mol. The molecule has 3 rings (SSSR count). The van der Waals surface area contributed by atoms with E-state index in [-0.39, 0.29) is 0 Å². The molecule has 1 saturated heterocycles. The number of rotatable bonds is 3. The highest BCUT2D eigenvalue weighted by molar-refractivity contribution is 5.08. The van der Waals surface area contributed by atoms with Crippen LogP contribution in [-0.4, -0.2) is 47.2 Å². The summed E-state index contributed by atoms with van der Waals surface area (Å²) in [6.07, 6.45) is 4.31. The summed E-state index contributed by atoms with van der Waals surface area (Å²) < 4.78 is 0. The van der Waals surface area contributed by atoms with Crippen molar-refractivity contribution in [2.75, 3.05) is 26.2 Å². The minimum absolute atomic E-state index is 0.326. The van der Waals surface area contributed by atoms with Gasteiger partial charge in [0.2, 0.25) is 0 Å². The molecule has 0 aromatic rings. The lowest BCUT2D eigenvalue weighted by Crippen LogP contribution is -2.54. The van der Waals surface area contributed by atoms with Crippen molar-refractivity contribution in [3.63, 3.8) is 0 Å². The van der Waals surface area contributed by atoms with Crippen LogP contribution in [0.15, 0.2) is 11.9 Å². The van der Waals surface area contributed by atoms with E-state index < -0.39 is 0 Å². The number of nitrogens with zero attached hydrogens (tertiary/aromatic N) is 2. The Bertz CT molecular complexity index is 215. The van der Waals surface area contributed by atoms with Crippen LogP contribution in [0.3, 0.4) is 0 Å². The minimum Gasteiger partial charge on any atom is -0.396 e. The van der Waals surface area contributed by atoms with Crippen LogP contribution in [0.5, 0.6) is 0 Å². The van der Waals surface area contributed by atoms with Crippen LogP contribution in [0.1, 0.15) is 19.8 Å². The predicted molar refractivity (Wildman–Crippen MR) is 52.1 cm³/mol. The Balaban J connectivity index is 1.96. The van der Waals surface area contributed by atoms with Gasteiger partial charge in [0.05, 0.1) is 0 Å². The number of hydrogen-bond donors (Lipinski definition) is 1. The lowest BCUT2D eigenvalue weighted by atomic mass is 10.0. The molecular formula is C10H18N2O. The van der Waals surface area contributed by atoms with Gasteiger partial charge in [0.25, 0.3) is 0 Å². The van der Waals surface area contributed by atoms with E-state index in [1.54, 1.807) is 0 Å². The van der Waals surface area contributed by atoms with E-state index in [2.05, 4.69) is 22.9 Å². The van der Waals surface area contributed by atoms with Crippen LogP contribution in [0.4, 0.5) is 0 Å². The van der Waals surface area contributed by atoms with E-state index in [1.807, 2.05) is 0 Å². The standard InChI is InChI=1S/C10H18N2O/c1-9-7-12-5-4-11(9)8-10(12)3-2-6-13/h7,10,13H,2-6,8H2,1H3. The zero-order valence-electron chi connectivity index (χ0n) is 8.24. The zero-order chi connectivity index (χ0) is 9.26. The summed E-state index contributed by atoms with van der Waals surface area (Å²) in [5.41, 5.74) is 1.39. The second-order valence-electron chi connectivity index (χ2n) is 3.97. The molecule has 3 heterocycles. The number of allylic oxidation sites excluding steroid dienone is 1. The van der Waals surface area contributed by atoms with E-state index in [0.717, 1.165) is 25.9 Å². The second-order valence-corrected chi connectivity index (χ2v) is 3.97. The van der Waals surface area contributed by atoms with Crippen molar-refractivity contribution in [3.05, 3.63) is 11.9 Å². The van der Waals surface area contributed by atoms with Crippen LogP contribution in [0, 0.1) is 0 Å². The summed E-state index contributed by atoms with van der Waals surface area (Å²) in [7, 11) is 0. The average molecular weight is 182 g/mol. The summed E-state index contributed by atoms with van der Waals surface area (Å²) in [6.45, 7) is 6.00. The summed E-state index contributed by atoms with van der Waals surface area (Å²) in [5.74, 6) is 0. The lowest BCUT2D eigenvalue weighted by molar-refractivity contribution is 0.0934. The number of aliphatic hydroxyl groups is 1. The molecule has 0 radical (unpaired) electrons. The number of fused-ring (bicyclic) bond motifs is 2. The van der Waals surface area contributed by atoms with Gasteiger partial charge < -0.3 is 14.9 Å². The maximum absolute atomic E-state index is 8.77. The topological polar surface area (TPSA) is 26.7 Å². The van der Waals surface area contributed by atoms with Gasteiger partial charge >= 0.3 is 0 Å². The minimum atomic E-state index is 0.326. The second kappa shape index (κ2) is 3.58. The molecule has 1 atom stereocenters. The van der Waals surface area contributed by atoms with Gasteiger partial charge in [0.15, 0.2) is 0 Å². The molecule has 1 unspecified atom stereocenters. The molecule has 13 heavy (non-hydrogen) atoms. The Labute approximate surface area is 79.6 Å². The Morgan fingerprint density at radius 1 is 1.54 bits per heavy atom. The largest absolute Gasteiger partial charge is 0.396 e. The summed E-state index contributed by atoms with van der Waals surface area (Å²) in [4.78, 5) is 4.88. The van der Waals surface area contributed by atoms with Gasteiger partial charge in [-0.3, -0.25) is 0 Å². The quantitative estimate of drug-likeness (QED) is 0.693. The average Bonchev–Trinajstić information content (AvgIpc) is 2.16. The maximum atomic E-state index is 8.77. The highest BCUT2D eigenvalue weighted by Crippen LogP contribution is 2.24. The third-order valence-corrected chi connectivity index (χ3v) is 3.08. The molecule has 0 aromatic carbocycles. The van der Waals surface area contributed by atoms with Gasteiger partial charge in [-0.2, -0.15) is 0 Å². The van der Waals surface area contributed by atoms with Crippen molar-refractivity contribution in [1.82, 2.24) is 9.80 Å². The van der Waals surface area contributed by atoms with Crippen LogP contribution >= 0.6 is 0 Å². The Morgan fingerprint density at radius 2 is 2.38 bits per heavy atom. The summed E-state index contributed by atoms with van der Waals surface area (Å²) >= 11 is 0. The van der Waals surface area contributed by atoms with Crippen LogP contribution < -0.4 is 0 Å². The maximum Gasteiger partial charge on any atom is 0.0461 e. The molecule has 0 aliphatic carbocycles. The highest BCUT2D eigenvalue weighted by atomic mass is 16.2. The van der Waals surface area contributed by atoms with E-state index in [1.165, 1.54) is 12.2 Å². The smallest absolute Gasteiger partial charge is 0.0461 e. The molecule has 3 aliphatic heterocycles. The van der Waals surface area contributed by atoms with Crippen molar-refractivity contribution < 1.29 is 5.11 Å². The van der Waals surface area contributed by atoms with Gasteiger partial charge in [0, 0.05) is 44.2 Å². The van der Waals surface area contributed by atoms with E-state index in [0.29, 0.717) is 12.6 Å². The molecule has 0 saturated carbocycles. The van der Waals surface area contributed by atoms with Gasteiger partial charge in [-0.05, 0) is 19.8 Å². The molecule has 0 aromatic heterocycles.